The SMILES string of the molecule is CC/C=C\C/C=C\C/C=C\CCCC(=O)OCC(COC(=O)CCCCCCC/C=C\CCCCCCCCCCC)OC(=O)CCCCCCCCC/C=C\CCCCCC. The topological polar surface area (TPSA) is 78.9 Å². The Kier molecular flexibility index (Phi) is 48.4. The number of hydrogen-bond donors (Lipinski definition) is 0. The maximum atomic E-state index is 12.8. The lowest BCUT2D eigenvalue weighted by atomic mass is 10.1. The molecule has 0 saturated heterocycles. The monoisotopic (exact) mass is 867 g/mol. The zero-order valence-electron chi connectivity index (χ0n) is 40.9. The van der Waals surface area contributed by atoms with E-state index in [9.17, 15) is 14.4 Å². The van der Waals surface area contributed by atoms with Gasteiger partial charge in [-0.3, -0.25) is 14.4 Å². The van der Waals surface area contributed by atoms with Crippen LogP contribution in [0.5, 0.6) is 0 Å². The third-order valence-corrected chi connectivity index (χ3v) is 11.2. The summed E-state index contributed by atoms with van der Waals surface area (Å²) >= 11 is 0. The fourth-order valence-electron chi connectivity index (χ4n) is 7.28. The molecule has 0 radical (unpaired) electrons. The molecule has 6 nitrogen and oxygen atoms in total. The van der Waals surface area contributed by atoms with Crippen LogP contribution < -0.4 is 0 Å². The number of ether oxygens (including phenoxy) is 3. The van der Waals surface area contributed by atoms with Gasteiger partial charge in [-0.25, -0.2) is 0 Å². The van der Waals surface area contributed by atoms with Gasteiger partial charge in [0.25, 0.3) is 0 Å². The summed E-state index contributed by atoms with van der Waals surface area (Å²) in [7, 11) is 0. The molecule has 1 unspecified atom stereocenters. The first-order chi connectivity index (χ1) is 30.5. The lowest BCUT2D eigenvalue weighted by Gasteiger charge is -2.18. The molecule has 0 amide bonds. The van der Waals surface area contributed by atoms with Crippen LogP contribution in [0, 0.1) is 0 Å². The normalized spacial score (nSPS) is 12.5. The number of unbranched alkanes of at least 4 members (excludes halogenated alkanes) is 26. The van der Waals surface area contributed by atoms with Crippen molar-refractivity contribution in [1.82, 2.24) is 0 Å². The number of esters is 3. The average Bonchev–Trinajstić information content (AvgIpc) is 3.27. The van der Waals surface area contributed by atoms with E-state index in [4.69, 9.17) is 14.2 Å². The zero-order valence-corrected chi connectivity index (χ0v) is 40.9. The van der Waals surface area contributed by atoms with Crippen LogP contribution in [0.15, 0.2) is 60.8 Å². The van der Waals surface area contributed by atoms with Crippen molar-refractivity contribution >= 4 is 17.9 Å². The van der Waals surface area contributed by atoms with E-state index in [1.807, 2.05) is 0 Å². The van der Waals surface area contributed by atoms with Crippen molar-refractivity contribution in [2.75, 3.05) is 13.2 Å². The lowest BCUT2D eigenvalue weighted by molar-refractivity contribution is -0.167. The summed E-state index contributed by atoms with van der Waals surface area (Å²) in [5.74, 6) is -0.960. The Hall–Kier alpha value is -2.89. The van der Waals surface area contributed by atoms with E-state index in [1.54, 1.807) is 0 Å². The van der Waals surface area contributed by atoms with Gasteiger partial charge in [0, 0.05) is 19.3 Å². The molecule has 0 aliphatic rings. The molecule has 0 aliphatic heterocycles. The summed E-state index contributed by atoms with van der Waals surface area (Å²) in [6.45, 7) is 6.46. The van der Waals surface area contributed by atoms with Crippen LogP contribution in [0.25, 0.3) is 0 Å². The highest BCUT2D eigenvalue weighted by Crippen LogP contribution is 2.14. The van der Waals surface area contributed by atoms with Crippen molar-refractivity contribution < 1.29 is 28.6 Å². The summed E-state index contributed by atoms with van der Waals surface area (Å²) in [4.78, 5) is 37.9. The Morgan fingerprint density at radius 3 is 1.08 bits per heavy atom. The van der Waals surface area contributed by atoms with Crippen LogP contribution in [-0.2, 0) is 28.6 Å². The molecule has 0 aromatic carbocycles. The molecule has 0 bridgehead atoms. The smallest absolute Gasteiger partial charge is 0.306 e. The predicted molar refractivity (Wildman–Crippen MR) is 265 cm³/mol. The molecule has 0 rings (SSSR count). The van der Waals surface area contributed by atoms with Gasteiger partial charge in [-0.2, -0.15) is 0 Å². The van der Waals surface area contributed by atoms with Gasteiger partial charge in [-0.15, -0.1) is 0 Å². The summed E-state index contributed by atoms with van der Waals surface area (Å²) < 4.78 is 16.7. The molecule has 358 valence electrons. The van der Waals surface area contributed by atoms with Gasteiger partial charge < -0.3 is 14.2 Å². The van der Waals surface area contributed by atoms with Gasteiger partial charge >= 0.3 is 17.9 Å². The Labute approximate surface area is 383 Å². The van der Waals surface area contributed by atoms with Crippen LogP contribution in [-0.4, -0.2) is 37.2 Å². The number of rotatable bonds is 47. The molecule has 0 aromatic heterocycles. The Morgan fingerprint density at radius 1 is 0.339 bits per heavy atom. The van der Waals surface area contributed by atoms with Crippen LogP contribution in [0.1, 0.15) is 258 Å². The highest BCUT2D eigenvalue weighted by Gasteiger charge is 2.19. The third kappa shape index (κ3) is 48.1. The molecule has 6 heteroatoms. The molecular formula is C56H98O6. The number of hydrogen-bond acceptors (Lipinski definition) is 6. The van der Waals surface area contributed by atoms with E-state index < -0.39 is 6.10 Å². The molecule has 0 N–H and O–H groups in total. The molecule has 0 spiro atoms. The fourth-order valence-corrected chi connectivity index (χ4v) is 7.28. The van der Waals surface area contributed by atoms with E-state index >= 15 is 0 Å². The quantitative estimate of drug-likeness (QED) is 0.0262. The largest absolute Gasteiger partial charge is 0.462 e. The molecular weight excluding hydrogens is 769 g/mol. The van der Waals surface area contributed by atoms with Crippen molar-refractivity contribution in [3.05, 3.63) is 60.8 Å². The first-order valence-corrected chi connectivity index (χ1v) is 26.3. The molecule has 0 saturated carbocycles. The van der Waals surface area contributed by atoms with Crippen LogP contribution >= 0.6 is 0 Å². The lowest BCUT2D eigenvalue weighted by Crippen LogP contribution is -2.30. The van der Waals surface area contributed by atoms with Crippen molar-refractivity contribution in [3.8, 4) is 0 Å². The second-order valence-corrected chi connectivity index (χ2v) is 17.4. The Morgan fingerprint density at radius 2 is 0.645 bits per heavy atom. The van der Waals surface area contributed by atoms with Gasteiger partial charge in [-0.05, 0) is 96.3 Å². The van der Waals surface area contributed by atoms with Crippen molar-refractivity contribution in [1.29, 1.82) is 0 Å². The fraction of sp³-hybridized carbons (Fsp3) is 0.768. The van der Waals surface area contributed by atoms with Gasteiger partial charge in [-0.1, -0.05) is 204 Å². The maximum Gasteiger partial charge on any atom is 0.306 e. The number of carbonyl (C=O) groups is 3. The van der Waals surface area contributed by atoms with E-state index in [0.717, 1.165) is 70.6 Å². The second kappa shape index (κ2) is 50.8. The third-order valence-electron chi connectivity index (χ3n) is 11.2. The number of allylic oxidation sites excluding steroid dienone is 10. The molecule has 1 atom stereocenters. The molecule has 0 aliphatic carbocycles. The summed E-state index contributed by atoms with van der Waals surface area (Å²) in [6.07, 6.45) is 62.2. The highest BCUT2D eigenvalue weighted by atomic mass is 16.6. The van der Waals surface area contributed by atoms with Crippen LogP contribution in [0.2, 0.25) is 0 Å². The van der Waals surface area contributed by atoms with Gasteiger partial charge in [0.1, 0.15) is 13.2 Å². The first kappa shape index (κ1) is 59.1. The summed E-state index contributed by atoms with van der Waals surface area (Å²) in [5.41, 5.74) is 0. The first-order valence-electron chi connectivity index (χ1n) is 26.3. The molecule has 0 aromatic rings. The summed E-state index contributed by atoms with van der Waals surface area (Å²) in [5, 5.41) is 0. The summed E-state index contributed by atoms with van der Waals surface area (Å²) in [6, 6.07) is 0. The van der Waals surface area contributed by atoms with E-state index in [1.165, 1.54) is 141 Å². The van der Waals surface area contributed by atoms with E-state index in [2.05, 4.69) is 81.5 Å². The zero-order chi connectivity index (χ0) is 45.1. The molecule has 62 heavy (non-hydrogen) atoms. The minimum absolute atomic E-state index is 0.0955. The van der Waals surface area contributed by atoms with Crippen molar-refractivity contribution in [2.45, 2.75) is 264 Å². The maximum absolute atomic E-state index is 12.8. The average molecular weight is 867 g/mol. The Bertz CT molecular complexity index is 1130. The van der Waals surface area contributed by atoms with E-state index in [-0.39, 0.29) is 37.5 Å². The molecule has 0 fully saturated rings. The Balaban J connectivity index is 4.39. The molecule has 0 heterocycles. The van der Waals surface area contributed by atoms with Crippen molar-refractivity contribution in [2.24, 2.45) is 0 Å². The highest BCUT2D eigenvalue weighted by molar-refractivity contribution is 5.71. The minimum Gasteiger partial charge on any atom is -0.462 e. The second-order valence-electron chi connectivity index (χ2n) is 17.4. The minimum atomic E-state index is -0.798. The predicted octanol–water partition coefficient (Wildman–Crippen LogP) is 17.3. The van der Waals surface area contributed by atoms with Crippen molar-refractivity contribution in [3.63, 3.8) is 0 Å². The van der Waals surface area contributed by atoms with Gasteiger partial charge in [0.05, 0.1) is 0 Å². The van der Waals surface area contributed by atoms with Gasteiger partial charge in [0.2, 0.25) is 0 Å². The number of carbonyl (C=O) groups excluding carboxylic acids is 3. The van der Waals surface area contributed by atoms with E-state index in [0.29, 0.717) is 19.3 Å². The van der Waals surface area contributed by atoms with Crippen LogP contribution in [0.4, 0.5) is 0 Å². The van der Waals surface area contributed by atoms with Gasteiger partial charge in [0.15, 0.2) is 6.10 Å². The van der Waals surface area contributed by atoms with Crippen LogP contribution in [0.3, 0.4) is 0 Å². The standard InChI is InChI=1S/C56H98O6/c1-4-7-10-13-16-19-22-24-26-27-28-30-31-34-37-40-43-46-49-55(58)61-52-53(51-60-54(57)48-45-42-39-36-33-21-18-15-12-9-6-3)62-56(59)50-47-44-41-38-35-32-29-25-23-20-17-14-11-8-5-2/h9,12,18,20-21,23,28,30,36,39,53H,4-8,10-11,13-17,19,22,24-27,29,31-35,37-38,40-52H2,1-3H3/b12-9-,21-18-,23-20-,30-28-,39-36-.